The van der Waals surface area contributed by atoms with Gasteiger partial charge in [0.2, 0.25) is 0 Å². The standard InChI is InChI=1S/C18H19NO4/c1-18(14-20,16-11-7-4-8-12-16)19(22-2)17(21)23-13-15-9-5-3-6-10-15/h3-12,14H,13H2,1-2H3/t18-/m0/s1. The van der Waals surface area contributed by atoms with E-state index in [1.165, 1.54) is 7.11 Å². The van der Waals surface area contributed by atoms with Crippen LogP contribution in [0.1, 0.15) is 18.1 Å². The Hall–Kier alpha value is -2.66. The molecule has 0 heterocycles. The van der Waals surface area contributed by atoms with Crippen molar-refractivity contribution in [3.8, 4) is 0 Å². The highest BCUT2D eigenvalue weighted by Crippen LogP contribution is 2.27. The summed E-state index contributed by atoms with van der Waals surface area (Å²) in [6.07, 6.45) is -0.0647. The van der Waals surface area contributed by atoms with Crippen LogP contribution in [0.2, 0.25) is 0 Å². The first-order chi connectivity index (χ1) is 11.1. The molecule has 0 saturated heterocycles. The van der Waals surface area contributed by atoms with Crippen LogP contribution >= 0.6 is 0 Å². The summed E-state index contributed by atoms with van der Waals surface area (Å²) in [5.41, 5.74) is 0.210. The van der Waals surface area contributed by atoms with Crippen molar-refractivity contribution in [3.63, 3.8) is 0 Å². The number of hydroxylamine groups is 2. The zero-order valence-electron chi connectivity index (χ0n) is 13.1. The topological polar surface area (TPSA) is 55.8 Å². The van der Waals surface area contributed by atoms with Gasteiger partial charge >= 0.3 is 6.09 Å². The van der Waals surface area contributed by atoms with E-state index in [2.05, 4.69) is 0 Å². The number of ether oxygens (including phenoxy) is 1. The summed E-state index contributed by atoms with van der Waals surface area (Å²) < 4.78 is 5.25. The Morgan fingerprint density at radius 1 is 1.09 bits per heavy atom. The molecule has 2 rings (SSSR count). The van der Waals surface area contributed by atoms with Gasteiger partial charge in [0.05, 0.1) is 7.11 Å². The van der Waals surface area contributed by atoms with E-state index in [0.29, 0.717) is 11.8 Å². The minimum atomic E-state index is -1.27. The lowest BCUT2D eigenvalue weighted by Gasteiger charge is -2.34. The summed E-state index contributed by atoms with van der Waals surface area (Å²) in [6, 6.07) is 18.2. The van der Waals surface area contributed by atoms with Crippen molar-refractivity contribution >= 4 is 12.4 Å². The van der Waals surface area contributed by atoms with Crippen molar-refractivity contribution in [1.29, 1.82) is 0 Å². The van der Waals surface area contributed by atoms with Crippen LogP contribution in [0.3, 0.4) is 0 Å². The van der Waals surface area contributed by atoms with E-state index in [-0.39, 0.29) is 6.61 Å². The smallest absolute Gasteiger partial charge is 0.435 e. The molecule has 0 aliphatic carbocycles. The predicted octanol–water partition coefficient (Wildman–Crippen LogP) is 3.30. The molecule has 1 atom stereocenters. The Kier molecular flexibility index (Phi) is 5.49. The zero-order chi connectivity index (χ0) is 16.7. The van der Waals surface area contributed by atoms with Crippen LogP contribution in [-0.4, -0.2) is 24.6 Å². The monoisotopic (exact) mass is 313 g/mol. The molecule has 0 aromatic heterocycles. The molecule has 0 spiro atoms. The molecule has 0 unspecified atom stereocenters. The number of carbonyl (C=O) groups is 2. The fraction of sp³-hybridized carbons (Fsp3) is 0.222. The first-order valence-corrected chi connectivity index (χ1v) is 7.18. The van der Waals surface area contributed by atoms with Gasteiger partial charge in [-0.25, -0.2) is 4.79 Å². The molecule has 2 aromatic rings. The maximum absolute atomic E-state index is 12.3. The van der Waals surface area contributed by atoms with Gasteiger partial charge in [-0.3, -0.25) is 4.84 Å². The normalized spacial score (nSPS) is 13.0. The third-order valence-electron chi connectivity index (χ3n) is 3.56. The van der Waals surface area contributed by atoms with Crippen molar-refractivity contribution in [1.82, 2.24) is 5.06 Å². The zero-order valence-corrected chi connectivity index (χ0v) is 13.1. The molecule has 5 heteroatoms. The number of benzene rings is 2. The molecular formula is C18H19NO4. The van der Waals surface area contributed by atoms with E-state index >= 15 is 0 Å². The Morgan fingerprint density at radius 3 is 2.17 bits per heavy atom. The Balaban J connectivity index is 2.16. The summed E-state index contributed by atoms with van der Waals surface area (Å²) in [4.78, 5) is 29.2. The van der Waals surface area contributed by atoms with Gasteiger partial charge in [-0.05, 0) is 18.1 Å². The predicted molar refractivity (Wildman–Crippen MR) is 85.3 cm³/mol. The van der Waals surface area contributed by atoms with Gasteiger partial charge in [-0.2, -0.15) is 5.06 Å². The fourth-order valence-electron chi connectivity index (χ4n) is 2.24. The van der Waals surface area contributed by atoms with Crippen molar-refractivity contribution in [2.24, 2.45) is 0 Å². The lowest BCUT2D eigenvalue weighted by molar-refractivity contribution is -0.176. The number of amides is 1. The van der Waals surface area contributed by atoms with Gasteiger partial charge in [0.1, 0.15) is 6.61 Å². The summed E-state index contributed by atoms with van der Waals surface area (Å²) >= 11 is 0. The van der Waals surface area contributed by atoms with Crippen molar-refractivity contribution in [2.45, 2.75) is 19.1 Å². The molecule has 120 valence electrons. The van der Waals surface area contributed by atoms with Crippen LogP contribution in [-0.2, 0) is 26.5 Å². The fourth-order valence-corrected chi connectivity index (χ4v) is 2.24. The van der Waals surface area contributed by atoms with Gasteiger partial charge < -0.3 is 9.53 Å². The maximum Gasteiger partial charge on any atom is 0.435 e. The second-order valence-electron chi connectivity index (χ2n) is 5.15. The van der Waals surface area contributed by atoms with Gasteiger partial charge in [-0.1, -0.05) is 60.7 Å². The minimum absolute atomic E-state index is 0.100. The molecule has 1 amide bonds. The van der Waals surface area contributed by atoms with Crippen LogP contribution in [0.4, 0.5) is 4.79 Å². The average molecular weight is 313 g/mol. The molecule has 0 aliphatic heterocycles. The van der Waals surface area contributed by atoms with Crippen molar-refractivity contribution < 1.29 is 19.2 Å². The lowest BCUT2D eigenvalue weighted by atomic mass is 9.93. The number of nitrogens with zero attached hydrogens (tertiary/aromatic N) is 1. The minimum Gasteiger partial charge on any atom is -0.443 e. The molecule has 2 aromatic carbocycles. The van der Waals surface area contributed by atoms with Gasteiger partial charge in [0, 0.05) is 0 Å². The molecule has 0 bridgehead atoms. The second-order valence-corrected chi connectivity index (χ2v) is 5.15. The molecule has 23 heavy (non-hydrogen) atoms. The van der Waals surface area contributed by atoms with Gasteiger partial charge in [0.15, 0.2) is 11.8 Å². The highest BCUT2D eigenvalue weighted by molar-refractivity contribution is 5.76. The molecule has 0 fully saturated rings. The van der Waals surface area contributed by atoms with Crippen molar-refractivity contribution in [3.05, 3.63) is 71.8 Å². The number of aldehydes is 1. The summed E-state index contributed by atoms with van der Waals surface area (Å²) in [5, 5.41) is 0.943. The SMILES string of the molecule is CON(C(=O)OCc1ccccc1)[C@@](C)(C=O)c1ccccc1. The second kappa shape index (κ2) is 7.56. The third-order valence-corrected chi connectivity index (χ3v) is 3.56. The van der Waals surface area contributed by atoms with Crippen LogP contribution in [0, 0.1) is 0 Å². The molecule has 0 saturated carbocycles. The number of hydrogen-bond donors (Lipinski definition) is 0. The van der Waals surface area contributed by atoms with Gasteiger partial charge in [0.25, 0.3) is 0 Å². The number of carbonyl (C=O) groups excluding carboxylic acids is 2. The van der Waals surface area contributed by atoms with Crippen LogP contribution < -0.4 is 0 Å². The van der Waals surface area contributed by atoms with E-state index in [9.17, 15) is 9.59 Å². The summed E-state index contributed by atoms with van der Waals surface area (Å²) in [5.74, 6) is 0. The van der Waals surface area contributed by atoms with Crippen LogP contribution in [0.15, 0.2) is 60.7 Å². The highest BCUT2D eigenvalue weighted by atomic mass is 16.7. The first-order valence-electron chi connectivity index (χ1n) is 7.18. The Bertz CT molecular complexity index is 645. The third kappa shape index (κ3) is 3.76. The molecule has 0 radical (unpaired) electrons. The summed E-state index contributed by atoms with van der Waals surface area (Å²) in [6.45, 7) is 1.70. The molecular weight excluding hydrogens is 294 g/mol. The summed E-state index contributed by atoms with van der Waals surface area (Å²) in [7, 11) is 1.33. The van der Waals surface area contributed by atoms with Gasteiger partial charge in [-0.15, -0.1) is 0 Å². The molecule has 5 nitrogen and oxygen atoms in total. The van der Waals surface area contributed by atoms with E-state index in [4.69, 9.17) is 9.57 Å². The highest BCUT2D eigenvalue weighted by Gasteiger charge is 2.39. The van der Waals surface area contributed by atoms with Crippen LogP contribution in [0.25, 0.3) is 0 Å². The van der Waals surface area contributed by atoms with Crippen LogP contribution in [0.5, 0.6) is 0 Å². The first kappa shape index (κ1) is 16.7. The molecule has 0 aliphatic rings. The quantitative estimate of drug-likeness (QED) is 0.606. The number of rotatable bonds is 6. The maximum atomic E-state index is 12.3. The number of hydrogen-bond acceptors (Lipinski definition) is 4. The lowest BCUT2D eigenvalue weighted by Crippen LogP contribution is -2.48. The molecule has 0 N–H and O–H groups in total. The van der Waals surface area contributed by atoms with E-state index in [1.807, 2.05) is 36.4 Å². The van der Waals surface area contributed by atoms with E-state index in [1.54, 1.807) is 31.2 Å². The average Bonchev–Trinajstić information content (AvgIpc) is 2.62. The Labute approximate surface area is 135 Å². The Morgan fingerprint density at radius 2 is 1.65 bits per heavy atom. The van der Waals surface area contributed by atoms with E-state index < -0.39 is 11.6 Å². The van der Waals surface area contributed by atoms with Crippen molar-refractivity contribution in [2.75, 3.05) is 7.11 Å². The van der Waals surface area contributed by atoms with E-state index in [0.717, 1.165) is 10.6 Å². The largest absolute Gasteiger partial charge is 0.443 e.